The Kier molecular flexibility index (Phi) is 7.67. The van der Waals surface area contributed by atoms with Gasteiger partial charge in [0.2, 0.25) is 0 Å². The number of fused-ring (bicyclic) bond motifs is 2. The predicted molar refractivity (Wildman–Crippen MR) is 152 cm³/mol. The number of hydrogen-bond donors (Lipinski definition) is 2. The summed E-state index contributed by atoms with van der Waals surface area (Å²) in [5.74, 6) is 1.39. The Labute approximate surface area is 230 Å². The number of anilines is 1. The lowest BCUT2D eigenvalue weighted by Gasteiger charge is -2.47. The zero-order chi connectivity index (χ0) is 26.8. The SMILES string of the molecule is CC(C)[C@@H](COc1ccncc1)C[C@@H]1Cc2ccccc2C12CCC(Nc1cccc(Cl)c1)(C(=O)O)CC2. The largest absolute Gasteiger partial charge is 0.493 e. The second-order valence-electron chi connectivity index (χ2n) is 11.5. The van der Waals surface area contributed by atoms with Crippen molar-refractivity contribution in [1.82, 2.24) is 4.98 Å². The molecule has 2 atom stereocenters. The van der Waals surface area contributed by atoms with Gasteiger partial charge in [-0.15, -0.1) is 0 Å². The minimum atomic E-state index is -1.00. The quantitative estimate of drug-likeness (QED) is 0.300. The molecule has 0 saturated heterocycles. The molecule has 1 heterocycles. The lowest BCUT2D eigenvalue weighted by Crippen LogP contribution is -2.53. The number of carboxylic acid groups (broad SMARTS) is 1. The minimum absolute atomic E-state index is 0.0185. The Morgan fingerprint density at radius 1 is 1.08 bits per heavy atom. The van der Waals surface area contributed by atoms with Crippen LogP contribution in [0.1, 0.15) is 57.1 Å². The van der Waals surface area contributed by atoms with Gasteiger partial charge in [0.15, 0.2) is 0 Å². The summed E-state index contributed by atoms with van der Waals surface area (Å²) in [5.41, 5.74) is 2.58. The van der Waals surface area contributed by atoms with Crippen molar-refractivity contribution in [2.45, 2.75) is 63.3 Å². The molecular formula is C32H37ClN2O3. The highest BCUT2D eigenvalue weighted by molar-refractivity contribution is 6.30. The molecule has 6 heteroatoms. The molecular weight excluding hydrogens is 496 g/mol. The first kappa shape index (κ1) is 26.6. The van der Waals surface area contributed by atoms with Gasteiger partial charge in [0.25, 0.3) is 0 Å². The van der Waals surface area contributed by atoms with Gasteiger partial charge >= 0.3 is 5.97 Å². The number of carbonyl (C=O) groups is 1. The molecule has 200 valence electrons. The van der Waals surface area contributed by atoms with E-state index in [-0.39, 0.29) is 5.41 Å². The number of aliphatic carboxylic acids is 1. The van der Waals surface area contributed by atoms with Gasteiger partial charge in [0, 0.05) is 23.1 Å². The number of aromatic nitrogens is 1. The molecule has 3 aromatic rings. The Bertz CT molecular complexity index is 1250. The zero-order valence-corrected chi connectivity index (χ0v) is 23.0. The van der Waals surface area contributed by atoms with E-state index in [1.54, 1.807) is 24.5 Å². The summed E-state index contributed by atoms with van der Waals surface area (Å²) in [6, 6.07) is 20.0. The van der Waals surface area contributed by atoms with Crippen LogP contribution in [0.15, 0.2) is 73.1 Å². The van der Waals surface area contributed by atoms with Crippen LogP contribution in [0.5, 0.6) is 5.75 Å². The van der Waals surface area contributed by atoms with Crippen LogP contribution in [0.25, 0.3) is 0 Å². The molecule has 0 bridgehead atoms. The second kappa shape index (κ2) is 11.0. The second-order valence-corrected chi connectivity index (χ2v) is 11.9. The zero-order valence-electron chi connectivity index (χ0n) is 22.2. The maximum Gasteiger partial charge on any atom is 0.329 e. The highest BCUT2D eigenvalue weighted by atomic mass is 35.5. The smallest absolute Gasteiger partial charge is 0.329 e. The molecule has 1 fully saturated rings. The maximum atomic E-state index is 12.7. The standard InChI is InChI=1S/C32H37ClN2O3/c1-22(2)24(21-38-28-10-16-34-17-11-28)19-25-18-23-6-3-4-9-29(23)31(25)12-14-32(15-13-31,30(36)37)35-27-8-5-7-26(33)20-27/h3-11,16-17,20,22,24-25,35H,12-15,18-19,21H2,1-2H3,(H,36,37)/t24-,25+,31?,32?/m1/s1. The normalized spacial score (nSPS) is 25.2. The molecule has 0 aliphatic heterocycles. The van der Waals surface area contributed by atoms with E-state index in [0.717, 1.165) is 37.1 Å². The highest BCUT2D eigenvalue weighted by Gasteiger charge is 2.54. The van der Waals surface area contributed by atoms with Gasteiger partial charge in [-0.2, -0.15) is 0 Å². The van der Waals surface area contributed by atoms with Crippen LogP contribution in [-0.2, 0) is 16.6 Å². The van der Waals surface area contributed by atoms with E-state index >= 15 is 0 Å². The average Bonchev–Trinajstić information content (AvgIpc) is 3.21. The van der Waals surface area contributed by atoms with E-state index in [1.165, 1.54) is 11.1 Å². The predicted octanol–water partition coefficient (Wildman–Crippen LogP) is 7.40. The fourth-order valence-corrected chi connectivity index (χ4v) is 6.94. The van der Waals surface area contributed by atoms with E-state index in [0.29, 0.717) is 42.2 Å². The fourth-order valence-electron chi connectivity index (χ4n) is 6.74. The first-order valence-electron chi connectivity index (χ1n) is 13.7. The molecule has 1 aromatic heterocycles. The van der Waals surface area contributed by atoms with Gasteiger partial charge in [-0.3, -0.25) is 4.98 Å². The number of nitrogens with one attached hydrogen (secondary N) is 1. The first-order valence-corrected chi connectivity index (χ1v) is 14.1. The summed E-state index contributed by atoms with van der Waals surface area (Å²) in [6.45, 7) is 5.22. The van der Waals surface area contributed by atoms with Crippen molar-refractivity contribution in [2.75, 3.05) is 11.9 Å². The number of ether oxygens (including phenoxy) is 1. The lowest BCUT2D eigenvalue weighted by atomic mass is 9.59. The van der Waals surface area contributed by atoms with Crippen LogP contribution in [0.4, 0.5) is 5.69 Å². The molecule has 5 rings (SSSR count). The molecule has 38 heavy (non-hydrogen) atoms. The highest BCUT2D eigenvalue weighted by Crippen LogP contribution is 2.56. The third-order valence-electron chi connectivity index (χ3n) is 9.06. The molecule has 1 saturated carbocycles. The summed E-state index contributed by atoms with van der Waals surface area (Å²) in [7, 11) is 0. The molecule has 0 unspecified atom stereocenters. The van der Waals surface area contributed by atoms with Crippen molar-refractivity contribution in [3.63, 3.8) is 0 Å². The van der Waals surface area contributed by atoms with Crippen molar-refractivity contribution in [1.29, 1.82) is 0 Å². The number of halogens is 1. The van der Waals surface area contributed by atoms with Crippen LogP contribution in [0.3, 0.4) is 0 Å². The van der Waals surface area contributed by atoms with Crippen molar-refractivity contribution < 1.29 is 14.6 Å². The molecule has 0 amide bonds. The Morgan fingerprint density at radius 3 is 2.50 bits per heavy atom. The number of hydrogen-bond acceptors (Lipinski definition) is 4. The molecule has 0 radical (unpaired) electrons. The number of carboxylic acids is 1. The van der Waals surface area contributed by atoms with Crippen LogP contribution in [0.2, 0.25) is 5.02 Å². The van der Waals surface area contributed by atoms with E-state index < -0.39 is 11.5 Å². The van der Waals surface area contributed by atoms with Crippen molar-refractivity contribution >= 4 is 23.3 Å². The van der Waals surface area contributed by atoms with E-state index in [4.69, 9.17) is 16.3 Å². The molecule has 2 aromatic carbocycles. The average molecular weight is 533 g/mol. The monoisotopic (exact) mass is 532 g/mol. The fraction of sp³-hybridized carbons (Fsp3) is 0.438. The number of benzene rings is 2. The Balaban J connectivity index is 1.38. The summed E-state index contributed by atoms with van der Waals surface area (Å²) < 4.78 is 6.19. The third-order valence-corrected chi connectivity index (χ3v) is 9.29. The van der Waals surface area contributed by atoms with Gasteiger partial charge < -0.3 is 15.2 Å². The Morgan fingerprint density at radius 2 is 1.82 bits per heavy atom. The maximum absolute atomic E-state index is 12.7. The number of nitrogens with zero attached hydrogens (tertiary/aromatic N) is 1. The first-order chi connectivity index (χ1) is 18.3. The number of rotatable bonds is 9. The van der Waals surface area contributed by atoms with Crippen LogP contribution in [-0.4, -0.2) is 28.2 Å². The van der Waals surface area contributed by atoms with E-state index in [2.05, 4.69) is 48.4 Å². The number of pyridine rings is 1. The minimum Gasteiger partial charge on any atom is -0.493 e. The van der Waals surface area contributed by atoms with Gasteiger partial charge in [0.1, 0.15) is 11.3 Å². The summed E-state index contributed by atoms with van der Waals surface area (Å²) in [5, 5.41) is 14.4. The molecule has 1 spiro atoms. The molecule has 2 N–H and O–H groups in total. The van der Waals surface area contributed by atoms with Gasteiger partial charge in [-0.1, -0.05) is 55.8 Å². The van der Waals surface area contributed by atoms with Crippen LogP contribution < -0.4 is 10.1 Å². The van der Waals surface area contributed by atoms with Crippen molar-refractivity contribution in [2.24, 2.45) is 17.8 Å². The van der Waals surface area contributed by atoms with Gasteiger partial charge in [-0.05, 0) is 103 Å². The molecule has 5 nitrogen and oxygen atoms in total. The summed E-state index contributed by atoms with van der Waals surface area (Å²) >= 11 is 6.20. The van der Waals surface area contributed by atoms with Crippen molar-refractivity contribution in [3.05, 3.63) is 89.2 Å². The van der Waals surface area contributed by atoms with E-state index in [1.807, 2.05) is 24.3 Å². The van der Waals surface area contributed by atoms with Gasteiger partial charge in [-0.25, -0.2) is 4.79 Å². The van der Waals surface area contributed by atoms with Crippen LogP contribution >= 0.6 is 11.6 Å². The Hall–Kier alpha value is -3.05. The topological polar surface area (TPSA) is 71.5 Å². The van der Waals surface area contributed by atoms with E-state index in [9.17, 15) is 9.90 Å². The van der Waals surface area contributed by atoms with Crippen molar-refractivity contribution in [3.8, 4) is 5.75 Å². The molecule has 2 aliphatic carbocycles. The molecule has 2 aliphatic rings. The van der Waals surface area contributed by atoms with Gasteiger partial charge in [0.05, 0.1) is 6.61 Å². The lowest BCUT2D eigenvalue weighted by molar-refractivity contribution is -0.144. The summed E-state index contributed by atoms with van der Waals surface area (Å²) in [6.07, 6.45) is 8.43. The summed E-state index contributed by atoms with van der Waals surface area (Å²) in [4.78, 5) is 16.8. The van der Waals surface area contributed by atoms with Crippen LogP contribution in [0, 0.1) is 17.8 Å². The third kappa shape index (κ3) is 5.26.